The predicted molar refractivity (Wildman–Crippen MR) is 117 cm³/mol. The number of benzene rings is 2. The van der Waals surface area contributed by atoms with E-state index in [4.69, 9.17) is 9.47 Å². The molecule has 0 spiro atoms. The number of nitrogens with zero attached hydrogens (tertiary/aromatic N) is 4. The Labute approximate surface area is 185 Å². The molecule has 0 aliphatic heterocycles. The van der Waals surface area contributed by atoms with Crippen molar-refractivity contribution in [1.29, 1.82) is 0 Å². The van der Waals surface area contributed by atoms with Gasteiger partial charge in [0.25, 0.3) is 11.6 Å². The zero-order chi connectivity index (χ0) is 22.4. The lowest BCUT2D eigenvalue weighted by atomic mass is 10.2. The number of aromatic nitrogens is 2. The number of hydrogen-bond donors (Lipinski definition) is 1. The summed E-state index contributed by atoms with van der Waals surface area (Å²) in [5, 5.41) is 19.0. The van der Waals surface area contributed by atoms with Gasteiger partial charge in [-0.15, -0.1) is 0 Å². The first-order valence-corrected chi connectivity index (χ1v) is 9.72. The molecule has 1 heterocycles. The fourth-order valence-corrected chi connectivity index (χ4v) is 3.19. The van der Waals surface area contributed by atoms with Crippen molar-refractivity contribution in [2.75, 3.05) is 14.2 Å². The van der Waals surface area contributed by atoms with E-state index in [-0.39, 0.29) is 11.4 Å². The van der Waals surface area contributed by atoms with Gasteiger partial charge in [0, 0.05) is 23.9 Å². The minimum atomic E-state index is -0.507. The Morgan fingerprint density at radius 2 is 2.00 bits per heavy atom. The fraction of sp³-hybridized carbons (Fsp3) is 0.150. The number of carbonyl (C=O) groups excluding carboxylic acids is 1. The molecular weight excluding hydrogens is 470 g/mol. The molecule has 0 aliphatic carbocycles. The van der Waals surface area contributed by atoms with Gasteiger partial charge in [0.15, 0.2) is 5.69 Å². The van der Waals surface area contributed by atoms with E-state index in [9.17, 15) is 14.9 Å². The van der Waals surface area contributed by atoms with Crippen LogP contribution in [-0.4, -0.2) is 41.0 Å². The topological polar surface area (TPSA) is 121 Å². The third-order valence-electron chi connectivity index (χ3n) is 4.23. The summed E-state index contributed by atoms with van der Waals surface area (Å²) in [6.07, 6.45) is 3.09. The van der Waals surface area contributed by atoms with Gasteiger partial charge in [-0.3, -0.25) is 19.6 Å². The van der Waals surface area contributed by atoms with E-state index in [1.165, 1.54) is 25.5 Å². The molecule has 10 nitrogen and oxygen atoms in total. The summed E-state index contributed by atoms with van der Waals surface area (Å²) in [5.74, 6) is 0.695. The molecule has 1 amide bonds. The van der Waals surface area contributed by atoms with E-state index in [1.807, 2.05) is 0 Å². The summed E-state index contributed by atoms with van der Waals surface area (Å²) in [4.78, 5) is 22.7. The van der Waals surface area contributed by atoms with Gasteiger partial charge < -0.3 is 9.47 Å². The van der Waals surface area contributed by atoms with Gasteiger partial charge >= 0.3 is 0 Å². The number of ether oxygens (including phenoxy) is 2. The number of non-ortho nitro benzene ring substituents is 1. The molecule has 0 unspecified atom stereocenters. The Hall–Kier alpha value is -3.73. The average molecular weight is 488 g/mol. The van der Waals surface area contributed by atoms with E-state index < -0.39 is 10.8 Å². The van der Waals surface area contributed by atoms with Crippen molar-refractivity contribution in [3.63, 3.8) is 0 Å². The van der Waals surface area contributed by atoms with Crippen LogP contribution in [0.15, 0.2) is 58.2 Å². The van der Waals surface area contributed by atoms with Crippen LogP contribution in [0.4, 0.5) is 5.69 Å². The van der Waals surface area contributed by atoms with Crippen molar-refractivity contribution >= 4 is 33.7 Å². The highest BCUT2D eigenvalue weighted by molar-refractivity contribution is 9.10. The maximum atomic E-state index is 12.5. The minimum absolute atomic E-state index is 0.0102. The molecular formula is C20H18BrN5O5. The smallest absolute Gasteiger partial charge is 0.293 e. The maximum Gasteiger partial charge on any atom is 0.293 e. The standard InChI is InChI=1S/C20H18BrN5O5/c1-30-16-7-8-18(31-2)14(9-16)10-22-23-20(27)19-17(21)12-25(24-19)11-13-3-5-15(6-4-13)26(28)29/h3-10,12H,11H2,1-2H3,(H,23,27)/b22-10+. The van der Waals surface area contributed by atoms with Gasteiger partial charge in [0.1, 0.15) is 11.5 Å². The van der Waals surface area contributed by atoms with Gasteiger partial charge in [-0.2, -0.15) is 10.2 Å². The lowest BCUT2D eigenvalue weighted by Crippen LogP contribution is -2.19. The lowest BCUT2D eigenvalue weighted by molar-refractivity contribution is -0.384. The second-order valence-corrected chi connectivity index (χ2v) is 7.11. The van der Waals surface area contributed by atoms with Crippen molar-refractivity contribution in [3.8, 4) is 11.5 Å². The van der Waals surface area contributed by atoms with E-state index in [0.717, 1.165) is 5.56 Å². The largest absolute Gasteiger partial charge is 0.497 e. The molecule has 11 heteroatoms. The highest BCUT2D eigenvalue weighted by atomic mass is 79.9. The lowest BCUT2D eigenvalue weighted by Gasteiger charge is -2.06. The number of methoxy groups -OCH3 is 2. The van der Waals surface area contributed by atoms with E-state index in [2.05, 4.69) is 31.6 Å². The molecule has 3 aromatic rings. The van der Waals surface area contributed by atoms with Crippen LogP contribution in [0.3, 0.4) is 0 Å². The predicted octanol–water partition coefficient (Wildman–Crippen LogP) is 3.38. The van der Waals surface area contributed by atoms with Gasteiger partial charge in [0.2, 0.25) is 0 Å². The first-order valence-electron chi connectivity index (χ1n) is 8.93. The van der Waals surface area contributed by atoms with Gasteiger partial charge in [0.05, 0.1) is 36.4 Å². The molecule has 1 N–H and O–H groups in total. The van der Waals surface area contributed by atoms with Crippen molar-refractivity contribution in [2.24, 2.45) is 5.10 Å². The van der Waals surface area contributed by atoms with Crippen molar-refractivity contribution in [2.45, 2.75) is 6.54 Å². The first kappa shape index (κ1) is 22.0. The van der Waals surface area contributed by atoms with Crippen LogP contribution in [0.25, 0.3) is 0 Å². The summed E-state index contributed by atoms with van der Waals surface area (Å²) < 4.78 is 12.5. The summed E-state index contributed by atoms with van der Waals surface area (Å²) in [6, 6.07) is 11.3. The Morgan fingerprint density at radius 3 is 2.65 bits per heavy atom. The Morgan fingerprint density at radius 1 is 1.26 bits per heavy atom. The minimum Gasteiger partial charge on any atom is -0.497 e. The highest BCUT2D eigenvalue weighted by Gasteiger charge is 2.15. The second kappa shape index (κ2) is 9.85. The summed E-state index contributed by atoms with van der Waals surface area (Å²) in [6.45, 7) is 0.341. The van der Waals surface area contributed by atoms with Crippen LogP contribution in [0.2, 0.25) is 0 Å². The van der Waals surface area contributed by atoms with E-state index >= 15 is 0 Å². The molecule has 2 aromatic carbocycles. The zero-order valence-electron chi connectivity index (χ0n) is 16.6. The monoisotopic (exact) mass is 487 g/mol. The molecule has 31 heavy (non-hydrogen) atoms. The van der Waals surface area contributed by atoms with Crippen LogP contribution >= 0.6 is 15.9 Å². The quantitative estimate of drug-likeness (QED) is 0.295. The second-order valence-electron chi connectivity index (χ2n) is 6.25. The van der Waals surface area contributed by atoms with Crippen LogP contribution < -0.4 is 14.9 Å². The third kappa shape index (κ3) is 5.45. The molecule has 0 radical (unpaired) electrons. The SMILES string of the molecule is COc1ccc(OC)c(/C=N/NC(=O)c2nn(Cc3ccc([N+](=O)[O-])cc3)cc2Br)c1. The van der Waals surface area contributed by atoms with Crippen LogP contribution in [0.1, 0.15) is 21.6 Å². The molecule has 0 atom stereocenters. The molecule has 160 valence electrons. The average Bonchev–Trinajstić information content (AvgIpc) is 3.13. The van der Waals surface area contributed by atoms with Crippen LogP contribution in [0.5, 0.6) is 11.5 Å². The van der Waals surface area contributed by atoms with Crippen molar-refractivity contribution in [3.05, 3.63) is 80.1 Å². The number of nitrogens with one attached hydrogen (secondary N) is 1. The molecule has 0 fully saturated rings. The molecule has 0 saturated heterocycles. The normalized spacial score (nSPS) is 10.8. The molecule has 0 aliphatic rings. The van der Waals surface area contributed by atoms with Crippen LogP contribution in [-0.2, 0) is 6.54 Å². The summed E-state index contributed by atoms with van der Waals surface area (Å²) >= 11 is 3.32. The number of carbonyl (C=O) groups is 1. The zero-order valence-corrected chi connectivity index (χ0v) is 18.2. The molecule has 3 rings (SSSR count). The fourth-order valence-electron chi connectivity index (χ4n) is 2.70. The maximum absolute atomic E-state index is 12.5. The van der Waals surface area contributed by atoms with E-state index in [0.29, 0.717) is 28.1 Å². The van der Waals surface area contributed by atoms with E-state index in [1.54, 1.807) is 48.3 Å². The number of hydrogen-bond acceptors (Lipinski definition) is 7. The highest BCUT2D eigenvalue weighted by Crippen LogP contribution is 2.22. The molecule has 0 saturated carbocycles. The van der Waals surface area contributed by atoms with Crippen LogP contribution in [0, 0.1) is 10.1 Å². The number of rotatable bonds is 8. The summed E-state index contributed by atoms with van der Waals surface area (Å²) in [7, 11) is 3.08. The Balaban J connectivity index is 1.68. The van der Waals surface area contributed by atoms with Gasteiger partial charge in [-0.05, 0) is 39.7 Å². The number of nitro benzene ring substituents is 1. The summed E-state index contributed by atoms with van der Waals surface area (Å²) in [5.41, 5.74) is 4.02. The number of amides is 1. The van der Waals surface area contributed by atoms with Crippen molar-refractivity contribution in [1.82, 2.24) is 15.2 Å². The van der Waals surface area contributed by atoms with Crippen molar-refractivity contribution < 1.29 is 19.2 Å². The molecule has 1 aromatic heterocycles. The van der Waals surface area contributed by atoms with Gasteiger partial charge in [-0.1, -0.05) is 12.1 Å². The number of hydrazone groups is 1. The molecule has 0 bridgehead atoms. The van der Waals surface area contributed by atoms with Gasteiger partial charge in [-0.25, -0.2) is 5.43 Å². The number of nitro groups is 1. The number of halogens is 1. The Kier molecular flexibility index (Phi) is 6.98. The first-order chi connectivity index (χ1) is 14.9. The third-order valence-corrected chi connectivity index (χ3v) is 4.81. The Bertz CT molecular complexity index is 1130.